The van der Waals surface area contributed by atoms with Crippen LogP contribution in [-0.2, 0) is 0 Å². The average molecular weight is 277 g/mol. The molecule has 0 aliphatic heterocycles. The molecule has 0 amide bonds. The molecular weight excluding hydrogens is 250 g/mol. The van der Waals surface area contributed by atoms with Gasteiger partial charge in [-0.3, -0.25) is 0 Å². The summed E-state index contributed by atoms with van der Waals surface area (Å²) >= 11 is 0. The number of nitrogens with one attached hydrogen (secondary N) is 1. The third kappa shape index (κ3) is 3.56. The van der Waals surface area contributed by atoms with Gasteiger partial charge in [-0.05, 0) is 57.1 Å². The van der Waals surface area contributed by atoms with Crippen LogP contribution in [0, 0.1) is 11.3 Å². The molecule has 0 atom stereocenters. The van der Waals surface area contributed by atoms with Crippen molar-refractivity contribution in [1.82, 2.24) is 4.98 Å². The molecule has 0 unspecified atom stereocenters. The van der Waals surface area contributed by atoms with E-state index in [2.05, 4.69) is 24.1 Å². The fraction of sp³-hybridized carbons (Fsp3) is 0.688. The van der Waals surface area contributed by atoms with Crippen LogP contribution in [0.15, 0.2) is 12.1 Å². The second kappa shape index (κ2) is 5.15. The zero-order valence-corrected chi connectivity index (χ0v) is 13.3. The van der Waals surface area contributed by atoms with Gasteiger partial charge in [0.25, 0.3) is 0 Å². The highest BCUT2D eigenvalue weighted by Crippen LogP contribution is 2.51. The van der Waals surface area contributed by atoms with Gasteiger partial charge in [-0.1, -0.05) is 13.8 Å². The maximum Gasteiger partial charge on any atom is 0.239 e. The number of nitrogens with zero attached hydrogens (tertiary/aromatic N) is 1. The molecule has 0 aromatic carbocycles. The molecule has 1 heterocycles. The van der Waals surface area contributed by atoms with E-state index in [9.17, 15) is 0 Å². The van der Waals surface area contributed by atoms with Crippen molar-refractivity contribution in [2.24, 2.45) is 11.3 Å². The molecule has 1 aromatic heterocycles. The number of rotatable bonds is 5. The standard InChI is InChI=1S/C16H27N3O/c1-11(2)16(8-9-16)10-18-13-7-6-12(17)14(19-13)20-15(3,4)5/h6-7,11H,8-10,17H2,1-5H3,(H,18,19). The minimum atomic E-state index is -0.296. The van der Waals surface area contributed by atoms with Crippen LogP contribution in [0.1, 0.15) is 47.5 Å². The van der Waals surface area contributed by atoms with Crippen LogP contribution in [0.2, 0.25) is 0 Å². The van der Waals surface area contributed by atoms with Gasteiger partial charge in [0, 0.05) is 6.54 Å². The van der Waals surface area contributed by atoms with Crippen LogP contribution in [0.3, 0.4) is 0 Å². The minimum absolute atomic E-state index is 0.296. The van der Waals surface area contributed by atoms with Gasteiger partial charge in [-0.15, -0.1) is 0 Å². The first-order valence-electron chi connectivity index (χ1n) is 7.41. The molecule has 0 bridgehead atoms. The van der Waals surface area contributed by atoms with E-state index in [1.54, 1.807) is 0 Å². The zero-order chi connectivity index (χ0) is 15.0. The van der Waals surface area contributed by atoms with Crippen molar-refractivity contribution in [2.75, 3.05) is 17.6 Å². The number of hydrogen-bond acceptors (Lipinski definition) is 4. The highest BCUT2D eigenvalue weighted by Gasteiger charge is 2.44. The first-order chi connectivity index (χ1) is 9.22. The topological polar surface area (TPSA) is 60.2 Å². The van der Waals surface area contributed by atoms with Crippen LogP contribution in [0.25, 0.3) is 0 Å². The number of ether oxygens (including phenoxy) is 1. The molecular formula is C16H27N3O. The maximum absolute atomic E-state index is 5.92. The minimum Gasteiger partial charge on any atom is -0.470 e. The van der Waals surface area contributed by atoms with Crippen LogP contribution in [0.4, 0.5) is 11.5 Å². The lowest BCUT2D eigenvalue weighted by atomic mass is 9.92. The van der Waals surface area contributed by atoms with E-state index in [1.807, 2.05) is 32.9 Å². The molecule has 1 aliphatic rings. The van der Waals surface area contributed by atoms with Gasteiger partial charge in [0.1, 0.15) is 11.4 Å². The summed E-state index contributed by atoms with van der Waals surface area (Å²) < 4.78 is 5.79. The van der Waals surface area contributed by atoms with E-state index in [4.69, 9.17) is 10.5 Å². The predicted molar refractivity (Wildman–Crippen MR) is 84.0 cm³/mol. The van der Waals surface area contributed by atoms with E-state index in [0.717, 1.165) is 12.4 Å². The monoisotopic (exact) mass is 277 g/mol. The molecule has 1 aliphatic carbocycles. The summed E-state index contributed by atoms with van der Waals surface area (Å²) in [6.07, 6.45) is 2.61. The first-order valence-corrected chi connectivity index (χ1v) is 7.41. The molecule has 0 saturated heterocycles. The summed E-state index contributed by atoms with van der Waals surface area (Å²) in [6, 6.07) is 3.77. The lowest BCUT2D eigenvalue weighted by Gasteiger charge is -2.23. The Kier molecular flexibility index (Phi) is 3.85. The van der Waals surface area contributed by atoms with Gasteiger partial charge in [-0.2, -0.15) is 4.98 Å². The fourth-order valence-corrected chi connectivity index (χ4v) is 2.31. The molecule has 0 radical (unpaired) electrons. The molecule has 2 rings (SSSR count). The van der Waals surface area contributed by atoms with Crippen molar-refractivity contribution >= 4 is 11.5 Å². The Bertz CT molecular complexity index is 473. The molecule has 0 spiro atoms. The van der Waals surface area contributed by atoms with Gasteiger partial charge in [0.15, 0.2) is 0 Å². The lowest BCUT2D eigenvalue weighted by molar-refractivity contribution is 0.125. The Balaban J connectivity index is 2.04. The third-order valence-electron chi connectivity index (χ3n) is 4.03. The molecule has 4 nitrogen and oxygen atoms in total. The van der Waals surface area contributed by atoms with E-state index >= 15 is 0 Å². The van der Waals surface area contributed by atoms with E-state index in [1.165, 1.54) is 12.8 Å². The first kappa shape index (κ1) is 14.9. The second-order valence-electron chi connectivity index (χ2n) is 7.18. The molecule has 20 heavy (non-hydrogen) atoms. The second-order valence-corrected chi connectivity index (χ2v) is 7.18. The Hall–Kier alpha value is -1.45. The summed E-state index contributed by atoms with van der Waals surface area (Å²) in [5.41, 5.74) is 6.66. The van der Waals surface area contributed by atoms with Crippen LogP contribution >= 0.6 is 0 Å². The highest BCUT2D eigenvalue weighted by molar-refractivity contribution is 5.53. The van der Waals surface area contributed by atoms with Crippen LogP contribution < -0.4 is 15.8 Å². The van der Waals surface area contributed by atoms with Crippen molar-refractivity contribution in [3.05, 3.63) is 12.1 Å². The average Bonchev–Trinajstić information content (AvgIpc) is 3.09. The van der Waals surface area contributed by atoms with Crippen molar-refractivity contribution in [1.29, 1.82) is 0 Å². The summed E-state index contributed by atoms with van der Waals surface area (Å²) in [5, 5.41) is 3.44. The molecule has 3 N–H and O–H groups in total. The summed E-state index contributed by atoms with van der Waals surface area (Å²) in [5.74, 6) is 2.05. The molecule has 4 heteroatoms. The molecule has 1 aromatic rings. The largest absolute Gasteiger partial charge is 0.470 e. The van der Waals surface area contributed by atoms with Gasteiger partial charge < -0.3 is 15.8 Å². The van der Waals surface area contributed by atoms with Crippen LogP contribution in [-0.4, -0.2) is 17.1 Å². The molecule has 1 saturated carbocycles. The number of aromatic nitrogens is 1. The van der Waals surface area contributed by atoms with Gasteiger partial charge in [0.05, 0.1) is 5.69 Å². The lowest BCUT2D eigenvalue weighted by Crippen LogP contribution is -2.25. The highest BCUT2D eigenvalue weighted by atomic mass is 16.5. The predicted octanol–water partition coefficient (Wildman–Crippen LogP) is 3.69. The Labute approximate surface area is 122 Å². The number of hydrogen-bond donors (Lipinski definition) is 2. The summed E-state index contributed by atoms with van der Waals surface area (Å²) in [6.45, 7) is 11.5. The summed E-state index contributed by atoms with van der Waals surface area (Å²) in [7, 11) is 0. The normalized spacial score (nSPS) is 17.1. The molecule has 1 fully saturated rings. The number of nitrogens with two attached hydrogens (primary N) is 1. The summed E-state index contributed by atoms with van der Waals surface area (Å²) in [4.78, 5) is 4.49. The number of pyridine rings is 1. The fourth-order valence-electron chi connectivity index (χ4n) is 2.31. The van der Waals surface area contributed by atoms with Gasteiger partial charge >= 0.3 is 0 Å². The number of nitrogen functional groups attached to an aromatic ring is 1. The van der Waals surface area contributed by atoms with Gasteiger partial charge in [-0.25, -0.2) is 0 Å². The number of anilines is 2. The van der Waals surface area contributed by atoms with Gasteiger partial charge in [0.2, 0.25) is 5.88 Å². The third-order valence-corrected chi connectivity index (χ3v) is 4.03. The Morgan fingerprint density at radius 3 is 2.50 bits per heavy atom. The quantitative estimate of drug-likeness (QED) is 0.861. The van der Waals surface area contributed by atoms with E-state index in [0.29, 0.717) is 22.9 Å². The van der Waals surface area contributed by atoms with Crippen molar-refractivity contribution < 1.29 is 4.74 Å². The van der Waals surface area contributed by atoms with Crippen molar-refractivity contribution in [3.63, 3.8) is 0 Å². The molecule has 112 valence electrons. The smallest absolute Gasteiger partial charge is 0.239 e. The van der Waals surface area contributed by atoms with Crippen molar-refractivity contribution in [3.8, 4) is 5.88 Å². The van der Waals surface area contributed by atoms with Crippen LogP contribution in [0.5, 0.6) is 5.88 Å². The van der Waals surface area contributed by atoms with Crippen molar-refractivity contribution in [2.45, 2.75) is 53.1 Å². The SMILES string of the molecule is CC(C)C1(CNc2ccc(N)c(OC(C)(C)C)n2)CC1. The van der Waals surface area contributed by atoms with E-state index in [-0.39, 0.29) is 5.60 Å². The maximum atomic E-state index is 5.92. The Morgan fingerprint density at radius 2 is 2.00 bits per heavy atom. The zero-order valence-electron chi connectivity index (χ0n) is 13.3. The van der Waals surface area contributed by atoms with E-state index < -0.39 is 0 Å². The Morgan fingerprint density at radius 1 is 1.35 bits per heavy atom.